The second-order valence-corrected chi connectivity index (χ2v) is 6.68. The standard InChI is InChI=1S/C14H20N2O5S/c1-3-9-16(10-13(17)18)14(19)11-7-5-6-8-12(11)15-22(20,21)4-2/h5-8,15H,3-4,9-10H2,1-2H3,(H,17,18). The molecule has 1 aromatic rings. The second-order valence-electron chi connectivity index (χ2n) is 4.67. The highest BCUT2D eigenvalue weighted by molar-refractivity contribution is 7.92. The average Bonchev–Trinajstić information content (AvgIpc) is 2.46. The summed E-state index contributed by atoms with van der Waals surface area (Å²) in [5.41, 5.74) is 0.287. The number of aliphatic carboxylic acids is 1. The Morgan fingerprint density at radius 2 is 1.86 bits per heavy atom. The molecule has 7 nitrogen and oxygen atoms in total. The number of nitrogens with one attached hydrogen (secondary N) is 1. The molecule has 0 fully saturated rings. The van der Waals surface area contributed by atoms with E-state index in [0.717, 1.165) is 0 Å². The summed E-state index contributed by atoms with van der Waals surface area (Å²) in [6.45, 7) is 3.16. The van der Waals surface area contributed by atoms with E-state index in [1.165, 1.54) is 24.0 Å². The van der Waals surface area contributed by atoms with Crippen LogP contribution in [0, 0.1) is 0 Å². The van der Waals surface area contributed by atoms with Gasteiger partial charge >= 0.3 is 5.97 Å². The summed E-state index contributed by atoms with van der Waals surface area (Å²) >= 11 is 0. The van der Waals surface area contributed by atoms with Gasteiger partial charge in [-0.25, -0.2) is 8.42 Å². The van der Waals surface area contributed by atoms with E-state index in [0.29, 0.717) is 6.42 Å². The molecule has 1 amide bonds. The van der Waals surface area contributed by atoms with E-state index in [2.05, 4.69) is 4.72 Å². The maximum Gasteiger partial charge on any atom is 0.323 e. The normalized spacial score (nSPS) is 11.0. The fourth-order valence-corrected chi connectivity index (χ4v) is 2.51. The van der Waals surface area contributed by atoms with Crippen LogP contribution in [-0.4, -0.2) is 49.1 Å². The topological polar surface area (TPSA) is 104 Å². The molecule has 0 unspecified atom stereocenters. The van der Waals surface area contributed by atoms with E-state index in [1.807, 2.05) is 6.92 Å². The van der Waals surface area contributed by atoms with E-state index < -0.39 is 28.4 Å². The van der Waals surface area contributed by atoms with Gasteiger partial charge in [0.05, 0.1) is 17.0 Å². The summed E-state index contributed by atoms with van der Waals surface area (Å²) in [5, 5.41) is 8.89. The molecule has 0 saturated carbocycles. The minimum atomic E-state index is -3.53. The molecule has 22 heavy (non-hydrogen) atoms. The number of sulfonamides is 1. The van der Waals surface area contributed by atoms with Gasteiger partial charge in [-0.1, -0.05) is 19.1 Å². The Kier molecular flexibility index (Phi) is 6.36. The van der Waals surface area contributed by atoms with Crippen molar-refractivity contribution in [2.75, 3.05) is 23.6 Å². The third-order valence-corrected chi connectivity index (χ3v) is 4.20. The quantitative estimate of drug-likeness (QED) is 0.750. The van der Waals surface area contributed by atoms with E-state index >= 15 is 0 Å². The predicted molar refractivity (Wildman–Crippen MR) is 83.4 cm³/mol. The summed E-state index contributed by atoms with van der Waals surface area (Å²) < 4.78 is 25.7. The molecule has 0 bridgehead atoms. The van der Waals surface area contributed by atoms with Crippen molar-refractivity contribution in [3.63, 3.8) is 0 Å². The Morgan fingerprint density at radius 3 is 2.41 bits per heavy atom. The maximum atomic E-state index is 12.5. The van der Waals surface area contributed by atoms with Gasteiger partial charge in [-0.05, 0) is 25.5 Å². The zero-order valence-corrected chi connectivity index (χ0v) is 13.4. The largest absolute Gasteiger partial charge is 0.480 e. The lowest BCUT2D eigenvalue weighted by Gasteiger charge is -2.21. The molecular formula is C14H20N2O5S. The minimum absolute atomic E-state index is 0.122. The molecule has 0 radical (unpaired) electrons. The number of carboxylic acids is 1. The van der Waals surface area contributed by atoms with Gasteiger partial charge in [0.1, 0.15) is 6.54 Å². The number of amides is 1. The molecule has 0 aliphatic heterocycles. The van der Waals surface area contributed by atoms with Gasteiger partial charge in [-0.3, -0.25) is 14.3 Å². The first kappa shape index (κ1) is 18.0. The van der Waals surface area contributed by atoms with Gasteiger partial charge < -0.3 is 10.0 Å². The highest BCUT2D eigenvalue weighted by atomic mass is 32.2. The lowest BCUT2D eigenvalue weighted by Crippen LogP contribution is -2.36. The molecule has 2 N–H and O–H groups in total. The van der Waals surface area contributed by atoms with Gasteiger partial charge in [0.15, 0.2) is 0 Å². The summed E-state index contributed by atoms with van der Waals surface area (Å²) in [6, 6.07) is 6.15. The first-order chi connectivity index (χ1) is 10.3. The Bertz CT molecular complexity index is 642. The average molecular weight is 328 g/mol. The molecule has 0 aromatic heterocycles. The fraction of sp³-hybridized carbons (Fsp3) is 0.429. The Hall–Kier alpha value is -2.09. The number of hydrogen-bond acceptors (Lipinski definition) is 4. The SMILES string of the molecule is CCCN(CC(=O)O)C(=O)c1ccccc1NS(=O)(=O)CC. The number of hydrogen-bond donors (Lipinski definition) is 2. The van der Waals surface area contributed by atoms with Crippen LogP contribution in [-0.2, 0) is 14.8 Å². The predicted octanol–water partition coefficient (Wildman–Crippen LogP) is 1.38. The van der Waals surface area contributed by atoms with Gasteiger partial charge in [0.25, 0.3) is 5.91 Å². The van der Waals surface area contributed by atoms with Gasteiger partial charge in [-0.2, -0.15) is 0 Å². The van der Waals surface area contributed by atoms with E-state index in [9.17, 15) is 18.0 Å². The van der Waals surface area contributed by atoms with Crippen LogP contribution < -0.4 is 4.72 Å². The summed E-state index contributed by atoms with van der Waals surface area (Å²) in [7, 11) is -3.53. The van der Waals surface area contributed by atoms with Crippen molar-refractivity contribution in [1.82, 2.24) is 4.90 Å². The lowest BCUT2D eigenvalue weighted by molar-refractivity contribution is -0.137. The fourth-order valence-electron chi connectivity index (χ4n) is 1.85. The van der Waals surface area contributed by atoms with Gasteiger partial charge in [0, 0.05) is 6.54 Å². The number of para-hydroxylation sites is 1. The lowest BCUT2D eigenvalue weighted by atomic mass is 10.1. The first-order valence-corrected chi connectivity index (χ1v) is 8.56. The van der Waals surface area contributed by atoms with Crippen molar-refractivity contribution in [1.29, 1.82) is 0 Å². The molecule has 0 spiro atoms. The molecule has 0 aliphatic rings. The van der Waals surface area contributed by atoms with Crippen LogP contribution in [0.3, 0.4) is 0 Å². The molecule has 0 heterocycles. The zero-order valence-electron chi connectivity index (χ0n) is 12.6. The van der Waals surface area contributed by atoms with Crippen molar-refractivity contribution >= 4 is 27.6 Å². The smallest absolute Gasteiger partial charge is 0.323 e. The Labute approximate surface area is 130 Å². The molecule has 0 atom stereocenters. The van der Waals surface area contributed by atoms with Crippen molar-refractivity contribution in [3.05, 3.63) is 29.8 Å². The number of carbonyl (C=O) groups is 2. The summed E-state index contributed by atoms with van der Waals surface area (Å²) in [6.07, 6.45) is 0.599. The highest BCUT2D eigenvalue weighted by Crippen LogP contribution is 2.19. The van der Waals surface area contributed by atoms with Gasteiger partial charge in [-0.15, -0.1) is 0 Å². The first-order valence-electron chi connectivity index (χ1n) is 6.91. The van der Waals surface area contributed by atoms with Gasteiger partial charge in [0.2, 0.25) is 10.0 Å². The molecule has 0 aliphatic carbocycles. The third kappa shape index (κ3) is 5.03. The Balaban J connectivity index is 3.13. The summed E-state index contributed by atoms with van der Waals surface area (Å²) in [5.74, 6) is -1.75. The number of carbonyl (C=O) groups excluding carboxylic acids is 1. The molecule has 1 aromatic carbocycles. The monoisotopic (exact) mass is 328 g/mol. The van der Waals surface area contributed by atoms with Crippen molar-refractivity contribution in [2.24, 2.45) is 0 Å². The second kappa shape index (κ2) is 7.79. The summed E-state index contributed by atoms with van der Waals surface area (Å²) in [4.78, 5) is 24.5. The van der Waals surface area contributed by atoms with E-state index in [4.69, 9.17) is 5.11 Å². The Morgan fingerprint density at radius 1 is 1.23 bits per heavy atom. The number of anilines is 1. The van der Waals surface area contributed by atoms with Crippen LogP contribution in [0.2, 0.25) is 0 Å². The number of rotatable bonds is 8. The van der Waals surface area contributed by atoms with Crippen molar-refractivity contribution in [2.45, 2.75) is 20.3 Å². The molecule has 122 valence electrons. The van der Waals surface area contributed by atoms with Crippen molar-refractivity contribution < 1.29 is 23.1 Å². The van der Waals surface area contributed by atoms with Crippen LogP contribution in [0.25, 0.3) is 0 Å². The number of nitrogens with zero attached hydrogens (tertiary/aromatic N) is 1. The number of benzene rings is 1. The minimum Gasteiger partial charge on any atom is -0.480 e. The third-order valence-electron chi connectivity index (χ3n) is 2.91. The van der Waals surface area contributed by atoms with Crippen LogP contribution in [0.1, 0.15) is 30.6 Å². The van der Waals surface area contributed by atoms with E-state index in [1.54, 1.807) is 12.1 Å². The maximum absolute atomic E-state index is 12.5. The zero-order chi connectivity index (χ0) is 16.8. The molecule has 8 heteroatoms. The van der Waals surface area contributed by atoms with Crippen LogP contribution in [0.4, 0.5) is 5.69 Å². The highest BCUT2D eigenvalue weighted by Gasteiger charge is 2.21. The van der Waals surface area contributed by atoms with Crippen LogP contribution >= 0.6 is 0 Å². The molecule has 1 rings (SSSR count). The van der Waals surface area contributed by atoms with Crippen LogP contribution in [0.5, 0.6) is 0 Å². The molecule has 0 saturated heterocycles. The molecular weight excluding hydrogens is 308 g/mol. The van der Waals surface area contributed by atoms with E-state index in [-0.39, 0.29) is 23.5 Å². The van der Waals surface area contributed by atoms with Crippen LogP contribution in [0.15, 0.2) is 24.3 Å². The van der Waals surface area contributed by atoms with Crippen molar-refractivity contribution in [3.8, 4) is 0 Å². The number of carboxylic acid groups (broad SMARTS) is 1.